The van der Waals surface area contributed by atoms with Crippen LogP contribution in [-0.2, 0) is 11.2 Å². The van der Waals surface area contributed by atoms with E-state index in [-0.39, 0.29) is 36.6 Å². The average molecular weight is 357 g/mol. The quantitative estimate of drug-likeness (QED) is 0.858. The summed E-state index contributed by atoms with van der Waals surface area (Å²) in [6.07, 6.45) is 0.624. The minimum atomic E-state index is -0.278. The lowest BCUT2D eigenvalue weighted by atomic mass is 10.1. The molecule has 0 spiro atoms. The molecule has 2 aromatic rings. The van der Waals surface area contributed by atoms with Crippen molar-refractivity contribution in [2.24, 2.45) is 5.73 Å². The van der Waals surface area contributed by atoms with Gasteiger partial charge >= 0.3 is 0 Å². The van der Waals surface area contributed by atoms with Gasteiger partial charge in [0.15, 0.2) is 0 Å². The van der Waals surface area contributed by atoms with Gasteiger partial charge < -0.3 is 15.2 Å². The van der Waals surface area contributed by atoms with Crippen LogP contribution in [0.15, 0.2) is 22.7 Å². The van der Waals surface area contributed by atoms with Gasteiger partial charge in [0.2, 0.25) is 17.6 Å². The highest BCUT2D eigenvalue weighted by Gasteiger charge is 2.16. The number of rotatable bonds is 6. The summed E-state index contributed by atoms with van der Waals surface area (Å²) in [6, 6.07) is 4.61. The molecule has 0 saturated carbocycles. The van der Waals surface area contributed by atoms with Crippen LogP contribution in [-0.4, -0.2) is 40.6 Å². The van der Waals surface area contributed by atoms with Crippen LogP contribution in [0.5, 0.6) is 0 Å². The van der Waals surface area contributed by atoms with E-state index < -0.39 is 0 Å². The molecule has 6 nitrogen and oxygen atoms in total. The van der Waals surface area contributed by atoms with Gasteiger partial charge in [-0.05, 0) is 37.6 Å². The fourth-order valence-corrected chi connectivity index (χ4v) is 2.05. The first-order valence-electron chi connectivity index (χ1n) is 7.47. The van der Waals surface area contributed by atoms with Crippen LogP contribution in [0.2, 0.25) is 0 Å². The number of nitrogens with two attached hydrogens (primary N) is 1. The Morgan fingerprint density at radius 2 is 2.17 bits per heavy atom. The van der Waals surface area contributed by atoms with Gasteiger partial charge in [0, 0.05) is 38.0 Å². The summed E-state index contributed by atoms with van der Waals surface area (Å²) in [5.74, 6) is 0.462. The first kappa shape index (κ1) is 20.1. The van der Waals surface area contributed by atoms with Crippen LogP contribution in [0.25, 0.3) is 11.4 Å². The van der Waals surface area contributed by atoms with Crippen molar-refractivity contribution in [2.75, 3.05) is 13.6 Å². The molecule has 1 atom stereocenters. The van der Waals surface area contributed by atoms with E-state index in [2.05, 4.69) is 10.1 Å². The van der Waals surface area contributed by atoms with Gasteiger partial charge in [-0.2, -0.15) is 4.98 Å². The number of nitrogens with zero attached hydrogens (tertiary/aromatic N) is 3. The number of hydrogen-bond acceptors (Lipinski definition) is 5. The van der Waals surface area contributed by atoms with Gasteiger partial charge in [0.25, 0.3) is 0 Å². The minimum Gasteiger partial charge on any atom is -0.342 e. The van der Waals surface area contributed by atoms with Crippen molar-refractivity contribution in [1.29, 1.82) is 0 Å². The van der Waals surface area contributed by atoms with Gasteiger partial charge in [0.05, 0.1) is 0 Å². The Labute approximate surface area is 146 Å². The molecule has 8 heteroatoms. The van der Waals surface area contributed by atoms with E-state index in [1.807, 2.05) is 6.92 Å². The molecule has 0 radical (unpaired) electrons. The predicted octanol–water partition coefficient (Wildman–Crippen LogP) is 2.34. The summed E-state index contributed by atoms with van der Waals surface area (Å²) in [5.41, 5.74) is 6.74. The maximum Gasteiger partial charge on any atom is 0.227 e. The molecule has 1 unspecified atom stereocenters. The van der Waals surface area contributed by atoms with Crippen molar-refractivity contribution in [3.05, 3.63) is 35.5 Å². The molecule has 0 aliphatic rings. The Balaban J connectivity index is 0.00000288. The summed E-state index contributed by atoms with van der Waals surface area (Å²) in [5, 5.41) is 3.88. The second-order valence-electron chi connectivity index (χ2n) is 5.57. The third kappa shape index (κ3) is 4.75. The molecule has 24 heavy (non-hydrogen) atoms. The third-order valence-corrected chi connectivity index (χ3v) is 3.83. The number of aryl methyl sites for hydroxylation is 2. The zero-order chi connectivity index (χ0) is 17.0. The highest BCUT2D eigenvalue weighted by Crippen LogP contribution is 2.19. The van der Waals surface area contributed by atoms with Crippen LogP contribution in [0.4, 0.5) is 4.39 Å². The highest BCUT2D eigenvalue weighted by atomic mass is 35.5. The summed E-state index contributed by atoms with van der Waals surface area (Å²) >= 11 is 0. The van der Waals surface area contributed by atoms with Crippen molar-refractivity contribution in [2.45, 2.75) is 32.7 Å². The van der Waals surface area contributed by atoms with Crippen LogP contribution in [0, 0.1) is 12.7 Å². The van der Waals surface area contributed by atoms with E-state index in [1.54, 1.807) is 31.0 Å². The van der Waals surface area contributed by atoms with Crippen LogP contribution in [0.1, 0.15) is 24.8 Å². The van der Waals surface area contributed by atoms with Gasteiger partial charge in [-0.1, -0.05) is 5.16 Å². The molecule has 0 aliphatic heterocycles. The fourth-order valence-electron chi connectivity index (χ4n) is 2.05. The number of carbonyl (C=O) groups excluding carboxylic acids is 1. The van der Waals surface area contributed by atoms with Crippen LogP contribution >= 0.6 is 12.4 Å². The molecular formula is C16H22ClFN4O2. The van der Waals surface area contributed by atoms with E-state index in [0.29, 0.717) is 35.8 Å². The Morgan fingerprint density at radius 3 is 2.79 bits per heavy atom. The Kier molecular flexibility index (Phi) is 7.31. The van der Waals surface area contributed by atoms with E-state index in [1.165, 1.54) is 6.07 Å². The summed E-state index contributed by atoms with van der Waals surface area (Å²) in [7, 11) is 1.72. The highest BCUT2D eigenvalue weighted by molar-refractivity contribution is 5.85. The maximum absolute atomic E-state index is 13.3. The molecule has 1 aromatic carbocycles. The molecule has 2 N–H and O–H groups in total. The molecule has 2 rings (SSSR count). The van der Waals surface area contributed by atoms with Gasteiger partial charge in [-0.15, -0.1) is 12.4 Å². The number of carbonyl (C=O) groups is 1. The van der Waals surface area contributed by atoms with Crippen molar-refractivity contribution < 1.29 is 13.7 Å². The SMILES string of the molecule is Cc1cc(-c2noc(CCC(=O)N(C)C(C)CN)n2)ccc1F.Cl. The molecule has 0 fully saturated rings. The predicted molar refractivity (Wildman–Crippen MR) is 91.3 cm³/mol. The first-order chi connectivity index (χ1) is 10.9. The second-order valence-corrected chi connectivity index (χ2v) is 5.57. The van der Waals surface area contributed by atoms with Crippen molar-refractivity contribution in [1.82, 2.24) is 15.0 Å². The number of halogens is 2. The number of amides is 1. The normalized spacial score (nSPS) is 11.7. The maximum atomic E-state index is 13.3. The van der Waals surface area contributed by atoms with Crippen molar-refractivity contribution in [3.8, 4) is 11.4 Å². The molecule has 132 valence electrons. The molecule has 0 bridgehead atoms. The van der Waals surface area contributed by atoms with Crippen molar-refractivity contribution in [3.63, 3.8) is 0 Å². The van der Waals surface area contributed by atoms with E-state index in [4.69, 9.17) is 10.3 Å². The summed E-state index contributed by atoms with van der Waals surface area (Å²) in [4.78, 5) is 17.9. The Hall–Kier alpha value is -1.99. The molecule has 1 aromatic heterocycles. The molecule has 1 amide bonds. The monoisotopic (exact) mass is 356 g/mol. The smallest absolute Gasteiger partial charge is 0.227 e. The number of benzene rings is 1. The van der Waals surface area contributed by atoms with Gasteiger partial charge in [0.1, 0.15) is 5.82 Å². The fraction of sp³-hybridized carbons (Fsp3) is 0.438. The zero-order valence-corrected chi connectivity index (χ0v) is 14.8. The molecule has 0 aliphatic carbocycles. The topological polar surface area (TPSA) is 85.2 Å². The third-order valence-electron chi connectivity index (χ3n) is 3.83. The number of likely N-dealkylation sites (N-methyl/N-ethyl adjacent to an activating group) is 1. The average Bonchev–Trinajstić information content (AvgIpc) is 3.02. The zero-order valence-electron chi connectivity index (χ0n) is 14.0. The van der Waals surface area contributed by atoms with Crippen LogP contribution < -0.4 is 5.73 Å². The lowest BCUT2D eigenvalue weighted by Gasteiger charge is -2.23. The number of aromatic nitrogens is 2. The Morgan fingerprint density at radius 1 is 1.46 bits per heavy atom. The second kappa shape index (κ2) is 8.75. The molecular weight excluding hydrogens is 335 g/mol. The van der Waals surface area contributed by atoms with Crippen molar-refractivity contribution >= 4 is 18.3 Å². The first-order valence-corrected chi connectivity index (χ1v) is 7.47. The standard InChI is InChI=1S/C16H21FN4O2.ClH/c1-10-8-12(4-5-13(10)17)16-19-14(23-20-16)6-7-15(22)21(3)11(2)9-18;/h4-5,8,11H,6-7,9,18H2,1-3H3;1H. The molecule has 0 saturated heterocycles. The largest absolute Gasteiger partial charge is 0.342 e. The van der Waals surface area contributed by atoms with E-state index in [9.17, 15) is 9.18 Å². The summed E-state index contributed by atoms with van der Waals surface area (Å²) < 4.78 is 18.4. The summed E-state index contributed by atoms with van der Waals surface area (Å²) in [6.45, 7) is 3.98. The Bertz CT molecular complexity index is 692. The molecule has 1 heterocycles. The van der Waals surface area contributed by atoms with E-state index >= 15 is 0 Å². The van der Waals surface area contributed by atoms with Gasteiger partial charge in [-0.3, -0.25) is 4.79 Å². The van der Waals surface area contributed by atoms with E-state index in [0.717, 1.165) is 0 Å². The van der Waals surface area contributed by atoms with Gasteiger partial charge in [-0.25, -0.2) is 4.39 Å². The van der Waals surface area contributed by atoms with Crippen LogP contribution in [0.3, 0.4) is 0 Å². The number of hydrogen-bond donors (Lipinski definition) is 1. The minimum absolute atomic E-state index is 0. The lowest BCUT2D eigenvalue weighted by Crippen LogP contribution is -2.39. The lowest BCUT2D eigenvalue weighted by molar-refractivity contribution is -0.131.